The second-order valence-electron chi connectivity index (χ2n) is 2.93. The molecule has 0 atom stereocenters. The first kappa shape index (κ1) is 9.59. The van der Waals surface area contributed by atoms with Crippen LogP contribution in [0, 0.1) is 5.39 Å². The molecule has 4 nitrogen and oxygen atoms in total. The topological polar surface area (TPSA) is 57.6 Å². The summed E-state index contributed by atoms with van der Waals surface area (Å²) in [5, 5.41) is 17.9. The first-order chi connectivity index (χ1) is 6.29. The number of allylic oxidation sites excluding steroid dienone is 2. The predicted molar refractivity (Wildman–Crippen MR) is 48.3 cm³/mol. The molecule has 0 aromatic rings. The Balaban J connectivity index is 2.90. The molecule has 0 aliphatic heterocycles. The van der Waals surface area contributed by atoms with Crippen LogP contribution in [-0.2, 0) is 4.74 Å². The van der Waals surface area contributed by atoms with E-state index in [9.17, 15) is 5.11 Å². The van der Waals surface area contributed by atoms with Gasteiger partial charge in [-0.05, 0) is 25.7 Å². The van der Waals surface area contributed by atoms with Crippen LogP contribution in [0.4, 0.5) is 0 Å². The summed E-state index contributed by atoms with van der Waals surface area (Å²) in [5.74, 6) is -0.323. The minimum absolute atomic E-state index is 0.155. The third-order valence-electron chi connectivity index (χ3n) is 2.09. The fourth-order valence-corrected chi connectivity index (χ4v) is 1.39. The highest BCUT2D eigenvalue weighted by molar-refractivity contribution is 5.36. The van der Waals surface area contributed by atoms with Gasteiger partial charge in [-0.25, -0.2) is 0 Å². The molecule has 1 aliphatic rings. The zero-order valence-corrected chi connectivity index (χ0v) is 7.66. The van der Waals surface area contributed by atoms with Crippen molar-refractivity contribution in [2.75, 3.05) is 7.11 Å². The number of methoxy groups -OCH3 is 1. The molecule has 1 rings (SSSR count). The number of aliphatic hydroxyl groups is 1. The van der Waals surface area contributed by atoms with E-state index in [1.165, 1.54) is 7.11 Å². The van der Waals surface area contributed by atoms with Crippen LogP contribution in [-0.4, -0.2) is 12.2 Å². The molecule has 0 aromatic heterocycles. The average molecular weight is 181 g/mol. The van der Waals surface area contributed by atoms with Gasteiger partial charge < -0.3 is 9.84 Å². The summed E-state index contributed by atoms with van der Waals surface area (Å²) in [7, 11) is 1.34. The van der Waals surface area contributed by atoms with Gasteiger partial charge in [-0.15, -0.1) is 0 Å². The van der Waals surface area contributed by atoms with Crippen molar-refractivity contribution in [1.82, 2.24) is 0 Å². The summed E-state index contributed by atoms with van der Waals surface area (Å²) in [6.45, 7) is 0. The van der Waals surface area contributed by atoms with Crippen molar-refractivity contribution in [3.8, 4) is 0 Å². The van der Waals surface area contributed by atoms with E-state index in [2.05, 4.69) is 9.71 Å². The van der Waals surface area contributed by atoms with Gasteiger partial charge in [0.2, 0.25) is 5.39 Å². The highest BCUT2D eigenvalue weighted by Gasteiger charge is 2.26. The van der Waals surface area contributed by atoms with Gasteiger partial charge in [0.1, 0.15) is 0 Å². The van der Waals surface area contributed by atoms with Gasteiger partial charge in [0.05, 0.1) is 12.7 Å². The summed E-state index contributed by atoms with van der Waals surface area (Å²) in [5.41, 5.74) is 1.01. The molecule has 0 aromatic carbocycles. The first-order valence-corrected chi connectivity index (χ1v) is 4.31. The minimum atomic E-state index is -0.323. The monoisotopic (exact) mass is 181 g/mol. The van der Waals surface area contributed by atoms with Crippen molar-refractivity contribution in [3.63, 3.8) is 0 Å². The Morgan fingerprint density at radius 3 is 2.85 bits per heavy atom. The molecule has 1 N–H and O–H groups in total. The van der Waals surface area contributed by atoms with Crippen LogP contribution in [0.15, 0.2) is 23.3 Å². The number of ether oxygens (including phenoxy) is 1. The Bertz CT molecular complexity index is 286. The highest BCUT2D eigenvalue weighted by atomic mass is 16.6. The number of nitrogens with zero attached hydrogens (tertiary/aromatic N) is 2. The summed E-state index contributed by atoms with van der Waals surface area (Å²) < 4.78 is 4.60. The van der Waals surface area contributed by atoms with Gasteiger partial charge >= 0.3 is 11.6 Å². The van der Waals surface area contributed by atoms with E-state index in [1.54, 1.807) is 0 Å². The van der Waals surface area contributed by atoms with Gasteiger partial charge in [0, 0.05) is 0 Å². The van der Waals surface area contributed by atoms with Gasteiger partial charge in [0.15, 0.2) is 4.98 Å². The largest absolute Gasteiger partial charge is 0.475 e. The van der Waals surface area contributed by atoms with Crippen molar-refractivity contribution in [1.29, 1.82) is 5.39 Å². The molecular formula is C9H13N2O2+. The van der Waals surface area contributed by atoms with Gasteiger partial charge in [-0.2, -0.15) is 0 Å². The second kappa shape index (κ2) is 4.51. The van der Waals surface area contributed by atoms with E-state index < -0.39 is 0 Å². The lowest BCUT2D eigenvalue weighted by Crippen LogP contribution is -1.98. The van der Waals surface area contributed by atoms with Crippen molar-refractivity contribution >= 4 is 0 Å². The Labute approximate surface area is 77.1 Å². The maximum Gasteiger partial charge on any atom is 0.466 e. The van der Waals surface area contributed by atoms with Crippen molar-refractivity contribution in [3.05, 3.63) is 28.3 Å². The molecule has 0 amide bonds. The molecule has 0 saturated heterocycles. The fourth-order valence-electron chi connectivity index (χ4n) is 1.39. The molecular weight excluding hydrogens is 168 g/mol. The first-order valence-electron chi connectivity index (χ1n) is 4.31. The molecule has 0 radical (unpaired) electrons. The van der Waals surface area contributed by atoms with E-state index in [4.69, 9.17) is 5.39 Å². The number of diazo groups is 1. The van der Waals surface area contributed by atoms with Gasteiger partial charge in [-0.3, -0.25) is 0 Å². The van der Waals surface area contributed by atoms with Crippen LogP contribution in [0.3, 0.4) is 0 Å². The zero-order valence-electron chi connectivity index (χ0n) is 7.66. The Morgan fingerprint density at radius 1 is 1.62 bits per heavy atom. The van der Waals surface area contributed by atoms with E-state index in [0.717, 1.165) is 31.3 Å². The van der Waals surface area contributed by atoms with Crippen LogP contribution >= 0.6 is 0 Å². The van der Waals surface area contributed by atoms with E-state index in [-0.39, 0.29) is 11.6 Å². The Morgan fingerprint density at radius 2 is 2.38 bits per heavy atom. The molecule has 0 fully saturated rings. The molecule has 70 valence electrons. The van der Waals surface area contributed by atoms with Crippen molar-refractivity contribution in [2.45, 2.75) is 25.7 Å². The number of aliphatic hydroxyl groups excluding tert-OH is 1. The predicted octanol–water partition coefficient (Wildman–Crippen LogP) is 2.71. The van der Waals surface area contributed by atoms with Crippen LogP contribution < -0.4 is 0 Å². The van der Waals surface area contributed by atoms with E-state index >= 15 is 0 Å². The SMILES string of the molecule is CO/C(O)=C(\[N+]#N)C1=CCCCC1. The molecule has 4 heteroatoms. The van der Waals surface area contributed by atoms with Crippen LogP contribution in [0.5, 0.6) is 0 Å². The summed E-state index contributed by atoms with van der Waals surface area (Å²) in [4.78, 5) is 3.02. The van der Waals surface area contributed by atoms with Crippen LogP contribution in [0.25, 0.3) is 4.98 Å². The Hall–Kier alpha value is -1.50. The second-order valence-corrected chi connectivity index (χ2v) is 2.93. The summed E-state index contributed by atoms with van der Waals surface area (Å²) in [6.07, 6.45) is 5.96. The van der Waals surface area contributed by atoms with E-state index in [0.29, 0.717) is 0 Å². The molecule has 13 heavy (non-hydrogen) atoms. The molecule has 0 bridgehead atoms. The number of rotatable bonds is 2. The maximum atomic E-state index is 9.23. The molecule has 0 heterocycles. The van der Waals surface area contributed by atoms with Gasteiger partial charge in [-0.1, -0.05) is 6.08 Å². The molecule has 0 saturated carbocycles. The standard InChI is InChI=1S/C9H12N2O2/c1-13-9(12)8(11-10)7-5-3-2-4-6-7/h5H,2-4,6H2,1H3/p+1/b9-8-. The quantitative estimate of drug-likeness (QED) is 0.526. The van der Waals surface area contributed by atoms with Crippen LogP contribution in [0.2, 0.25) is 0 Å². The van der Waals surface area contributed by atoms with Crippen molar-refractivity contribution < 1.29 is 9.84 Å². The fraction of sp³-hybridized carbons (Fsp3) is 0.556. The lowest BCUT2D eigenvalue weighted by Gasteiger charge is -2.06. The zero-order chi connectivity index (χ0) is 9.68. The smallest absolute Gasteiger partial charge is 0.466 e. The third-order valence-corrected chi connectivity index (χ3v) is 2.09. The lowest BCUT2D eigenvalue weighted by atomic mass is 9.98. The molecule has 0 spiro atoms. The highest BCUT2D eigenvalue weighted by Crippen LogP contribution is 2.26. The average Bonchev–Trinajstić information content (AvgIpc) is 2.20. The van der Waals surface area contributed by atoms with Crippen molar-refractivity contribution in [2.24, 2.45) is 0 Å². The summed E-state index contributed by atoms with van der Waals surface area (Å²) in [6, 6.07) is 0. The minimum Gasteiger partial charge on any atom is -0.475 e. The Kier molecular flexibility index (Phi) is 3.32. The van der Waals surface area contributed by atoms with Gasteiger partial charge in [0.25, 0.3) is 0 Å². The number of hydrogen-bond donors (Lipinski definition) is 1. The number of hydrogen-bond acceptors (Lipinski definition) is 3. The molecule has 0 unspecified atom stereocenters. The lowest BCUT2D eigenvalue weighted by molar-refractivity contribution is 0.133. The third kappa shape index (κ3) is 2.22. The molecule has 1 aliphatic carbocycles. The normalized spacial score (nSPS) is 18.3. The van der Waals surface area contributed by atoms with Crippen LogP contribution in [0.1, 0.15) is 25.7 Å². The maximum absolute atomic E-state index is 9.23. The summed E-state index contributed by atoms with van der Waals surface area (Å²) >= 11 is 0. The van der Waals surface area contributed by atoms with E-state index in [1.807, 2.05) is 6.08 Å².